The minimum Gasteiger partial charge on any atom is -0.382 e. The Morgan fingerprint density at radius 2 is 1.52 bits per heavy atom. The summed E-state index contributed by atoms with van der Waals surface area (Å²) in [5.41, 5.74) is -1.24. The maximum atomic E-state index is 13.0. The van der Waals surface area contributed by atoms with Gasteiger partial charge in [-0.1, -0.05) is 0 Å². The second-order valence-electron chi connectivity index (χ2n) is 10.6. The normalized spacial score (nSPS) is 27.1. The molecule has 14 heteroatoms. The first-order valence-electron chi connectivity index (χ1n) is 13.3. The average Bonchev–Trinajstić information content (AvgIpc) is 3.47. The van der Waals surface area contributed by atoms with Gasteiger partial charge in [-0.05, 0) is 33.6 Å². The van der Waals surface area contributed by atoms with Crippen LogP contribution < -0.4 is 27.8 Å². The monoisotopic (exact) mass is 563 g/mol. The molecule has 0 bridgehead atoms. The zero-order chi connectivity index (χ0) is 29.1. The fraction of sp³-hybridized carbons (Fsp3) is 0.654. The Kier molecular flexibility index (Phi) is 9.23. The molecular formula is C26H37N5O9. The first-order chi connectivity index (χ1) is 19.0. The first-order valence-corrected chi connectivity index (χ1v) is 13.3. The van der Waals surface area contributed by atoms with Crippen molar-refractivity contribution < 1.29 is 23.7 Å². The van der Waals surface area contributed by atoms with Crippen molar-refractivity contribution in [1.29, 1.82) is 0 Å². The van der Waals surface area contributed by atoms with Crippen molar-refractivity contribution in [3.05, 3.63) is 65.2 Å². The predicted molar refractivity (Wildman–Crippen MR) is 142 cm³/mol. The summed E-state index contributed by atoms with van der Waals surface area (Å²) >= 11 is 0. The summed E-state index contributed by atoms with van der Waals surface area (Å²) in [5, 5.41) is 3.00. The molecule has 0 radical (unpaired) electrons. The van der Waals surface area contributed by atoms with Gasteiger partial charge in [-0.15, -0.1) is 0 Å². The topological polar surface area (TPSA) is 176 Å². The van der Waals surface area contributed by atoms with Gasteiger partial charge in [0.25, 0.3) is 11.1 Å². The van der Waals surface area contributed by atoms with E-state index in [1.54, 1.807) is 21.0 Å². The highest BCUT2D eigenvalue weighted by Gasteiger charge is 2.40. The summed E-state index contributed by atoms with van der Waals surface area (Å²) in [6, 6.07) is -0.272. The van der Waals surface area contributed by atoms with Crippen LogP contribution in [-0.4, -0.2) is 70.2 Å². The van der Waals surface area contributed by atoms with Crippen LogP contribution in [0.1, 0.15) is 56.2 Å². The van der Waals surface area contributed by atoms with Crippen LogP contribution in [-0.2, 0) is 23.7 Å². The standard InChI is InChI=1S/C26H37N5O9/c1-13-10-30(25(35)28-23(13)33)21-8-16(19(40-21)12-37-4)7-20(32)27-15(3)6-18-17(38-5)9-22(39-18)31-11-14(2)24(34)29-26(31)36/h10-11,15-19,21-22H,6-9,12H2,1-5H3,(H,27,32)(H,28,33,35)(H,29,34,36)/t15-,16+,17+,18-,19-,21-,22-/m1/s1. The van der Waals surface area contributed by atoms with E-state index in [9.17, 15) is 24.0 Å². The van der Waals surface area contributed by atoms with E-state index in [0.29, 0.717) is 30.4 Å². The SMILES string of the molecule is COC[C@H]1O[C@@H](n2cc(C)c(=O)[nH]c2=O)C[C@@H]1CC(=O)N[C@H](C)C[C@H]1O[C@@H](n2cc(C)c(=O)[nH]c2=O)C[C@@H]1OC. The number of hydrogen-bond acceptors (Lipinski definition) is 9. The number of aromatic nitrogens is 4. The minimum absolute atomic E-state index is 0.153. The lowest BCUT2D eigenvalue weighted by atomic mass is 9.96. The summed E-state index contributed by atoms with van der Waals surface area (Å²) in [5.74, 6) is -0.408. The number of nitrogens with one attached hydrogen (secondary N) is 3. The molecule has 0 unspecified atom stereocenters. The Labute approximate surface area is 229 Å². The molecule has 4 heterocycles. The van der Waals surface area contributed by atoms with Crippen LogP contribution in [0.3, 0.4) is 0 Å². The number of aryl methyl sites for hydroxylation is 2. The van der Waals surface area contributed by atoms with Gasteiger partial charge < -0.3 is 24.3 Å². The van der Waals surface area contributed by atoms with E-state index in [0.717, 1.165) is 0 Å². The van der Waals surface area contributed by atoms with Crippen molar-refractivity contribution in [2.75, 3.05) is 20.8 Å². The molecule has 0 aromatic carbocycles. The predicted octanol–water partition coefficient (Wildman–Crippen LogP) is -0.159. The summed E-state index contributed by atoms with van der Waals surface area (Å²) in [7, 11) is 3.10. The maximum Gasteiger partial charge on any atom is 0.330 e. The van der Waals surface area contributed by atoms with Crippen LogP contribution in [0, 0.1) is 19.8 Å². The van der Waals surface area contributed by atoms with E-state index in [1.165, 1.54) is 28.6 Å². The molecule has 7 atom stereocenters. The zero-order valence-electron chi connectivity index (χ0n) is 23.3. The Bertz CT molecular complexity index is 1440. The molecule has 0 saturated carbocycles. The van der Waals surface area contributed by atoms with E-state index < -0.39 is 41.1 Å². The number of aromatic amines is 2. The van der Waals surface area contributed by atoms with Crippen molar-refractivity contribution in [1.82, 2.24) is 24.4 Å². The fourth-order valence-corrected chi connectivity index (χ4v) is 5.42. The van der Waals surface area contributed by atoms with E-state index in [2.05, 4.69) is 15.3 Å². The van der Waals surface area contributed by atoms with Gasteiger partial charge in [0, 0.05) is 62.5 Å². The molecule has 2 aliphatic rings. The third-order valence-electron chi connectivity index (χ3n) is 7.53. The van der Waals surface area contributed by atoms with E-state index >= 15 is 0 Å². The number of amides is 1. The van der Waals surface area contributed by atoms with Gasteiger partial charge in [0.2, 0.25) is 5.91 Å². The molecule has 14 nitrogen and oxygen atoms in total. The number of H-pyrrole nitrogens is 2. The number of nitrogens with zero attached hydrogens (tertiary/aromatic N) is 2. The molecule has 0 aliphatic carbocycles. The smallest absolute Gasteiger partial charge is 0.330 e. The number of ether oxygens (including phenoxy) is 4. The molecule has 2 aromatic heterocycles. The Balaban J connectivity index is 1.37. The Morgan fingerprint density at radius 3 is 2.08 bits per heavy atom. The van der Waals surface area contributed by atoms with E-state index in [4.69, 9.17) is 18.9 Å². The lowest BCUT2D eigenvalue weighted by Gasteiger charge is -2.23. The van der Waals surface area contributed by atoms with Gasteiger partial charge in [-0.25, -0.2) is 9.59 Å². The van der Waals surface area contributed by atoms with Crippen molar-refractivity contribution >= 4 is 5.91 Å². The molecule has 220 valence electrons. The van der Waals surface area contributed by atoms with Crippen LogP contribution in [0.5, 0.6) is 0 Å². The average molecular weight is 564 g/mol. The summed E-state index contributed by atoms with van der Waals surface area (Å²) in [6.45, 7) is 5.33. The highest BCUT2D eigenvalue weighted by molar-refractivity contribution is 5.76. The van der Waals surface area contributed by atoms with Gasteiger partial charge in [0.05, 0.1) is 24.9 Å². The van der Waals surface area contributed by atoms with Crippen molar-refractivity contribution in [3.63, 3.8) is 0 Å². The fourth-order valence-electron chi connectivity index (χ4n) is 5.42. The molecule has 2 aliphatic heterocycles. The molecule has 3 N–H and O–H groups in total. The molecule has 0 spiro atoms. The molecule has 40 heavy (non-hydrogen) atoms. The zero-order valence-corrected chi connectivity index (χ0v) is 23.3. The molecule has 1 amide bonds. The summed E-state index contributed by atoms with van der Waals surface area (Å²) in [4.78, 5) is 65.8. The largest absolute Gasteiger partial charge is 0.382 e. The number of hydrogen-bond donors (Lipinski definition) is 3. The van der Waals surface area contributed by atoms with Crippen LogP contribution in [0.15, 0.2) is 31.6 Å². The van der Waals surface area contributed by atoms with Gasteiger partial charge in [0.1, 0.15) is 12.5 Å². The van der Waals surface area contributed by atoms with Crippen LogP contribution in [0.2, 0.25) is 0 Å². The summed E-state index contributed by atoms with van der Waals surface area (Å²) < 4.78 is 25.7. The Hall–Kier alpha value is -3.33. The highest BCUT2D eigenvalue weighted by atomic mass is 16.6. The number of carbonyl (C=O) groups excluding carboxylic acids is 1. The molecular weight excluding hydrogens is 526 g/mol. The van der Waals surface area contributed by atoms with E-state index in [-0.39, 0.29) is 43.1 Å². The van der Waals surface area contributed by atoms with Crippen molar-refractivity contribution in [2.24, 2.45) is 5.92 Å². The quantitative estimate of drug-likeness (QED) is 0.355. The molecule has 2 aromatic rings. The third kappa shape index (κ3) is 6.52. The van der Waals surface area contributed by atoms with Gasteiger partial charge in [-0.2, -0.15) is 0 Å². The lowest BCUT2D eigenvalue weighted by Crippen LogP contribution is -2.39. The van der Waals surface area contributed by atoms with Crippen molar-refractivity contribution in [2.45, 2.75) is 83.3 Å². The minimum atomic E-state index is -0.635. The van der Waals surface area contributed by atoms with Gasteiger partial charge >= 0.3 is 11.4 Å². The molecule has 2 fully saturated rings. The third-order valence-corrected chi connectivity index (χ3v) is 7.53. The van der Waals surface area contributed by atoms with Gasteiger partial charge in [-0.3, -0.25) is 33.5 Å². The van der Waals surface area contributed by atoms with Crippen molar-refractivity contribution in [3.8, 4) is 0 Å². The van der Waals surface area contributed by atoms with Gasteiger partial charge in [0.15, 0.2) is 0 Å². The number of rotatable bonds is 10. The van der Waals surface area contributed by atoms with E-state index in [1.807, 2.05) is 6.92 Å². The molecule has 4 rings (SSSR count). The second-order valence-corrected chi connectivity index (χ2v) is 10.6. The highest BCUT2D eigenvalue weighted by Crippen LogP contribution is 2.35. The van der Waals surface area contributed by atoms with Crippen LogP contribution in [0.4, 0.5) is 0 Å². The molecule has 2 saturated heterocycles. The van der Waals surface area contributed by atoms with Crippen LogP contribution >= 0.6 is 0 Å². The van der Waals surface area contributed by atoms with Crippen LogP contribution in [0.25, 0.3) is 0 Å². The number of methoxy groups -OCH3 is 2. The second kappa shape index (κ2) is 12.5. The lowest BCUT2D eigenvalue weighted by molar-refractivity contribution is -0.124. The first kappa shape index (κ1) is 29.6. The summed E-state index contributed by atoms with van der Waals surface area (Å²) in [6.07, 6.45) is 1.99. The number of carbonyl (C=O) groups is 1. The maximum absolute atomic E-state index is 13.0. The Morgan fingerprint density at radius 1 is 0.975 bits per heavy atom.